The van der Waals surface area contributed by atoms with Gasteiger partial charge < -0.3 is 9.52 Å². The van der Waals surface area contributed by atoms with Crippen LogP contribution in [0.3, 0.4) is 0 Å². The van der Waals surface area contributed by atoms with Crippen LogP contribution in [-0.4, -0.2) is 16.7 Å². The highest BCUT2D eigenvalue weighted by atomic mass is 79.9. The standard InChI is InChI=1S/C14H9BrO3.C8Cl2N2O2/c15-7-12-10-3-1-8(16)5-13(10)18-14-6-9(17)2-4-11(12)14;9-5-6(10)8(14)4(2-12)3(1-11)7(5)13/h1-6,16H,7H2;. The third-order valence-electron chi connectivity index (χ3n) is 4.44. The Morgan fingerprint density at radius 2 is 1.53 bits per heavy atom. The Balaban J connectivity index is 0.000000188. The van der Waals surface area contributed by atoms with Crippen LogP contribution in [0.4, 0.5) is 0 Å². The number of benzene rings is 2. The summed E-state index contributed by atoms with van der Waals surface area (Å²) in [6, 6.07) is 12.6. The highest BCUT2D eigenvalue weighted by Gasteiger charge is 2.33. The lowest BCUT2D eigenvalue weighted by molar-refractivity contribution is -0.115. The van der Waals surface area contributed by atoms with Gasteiger partial charge in [0.25, 0.3) is 0 Å². The fourth-order valence-corrected chi connectivity index (χ4v) is 3.91. The Morgan fingerprint density at radius 1 is 0.938 bits per heavy atom. The van der Waals surface area contributed by atoms with Crippen molar-refractivity contribution >= 4 is 61.7 Å². The molecule has 1 aromatic rings. The second kappa shape index (κ2) is 9.37. The number of aromatic hydroxyl groups is 1. The fourth-order valence-electron chi connectivity index (χ4n) is 2.95. The van der Waals surface area contributed by atoms with Crippen molar-refractivity contribution in [2.45, 2.75) is 5.33 Å². The summed E-state index contributed by atoms with van der Waals surface area (Å²) in [5.41, 5.74) is 1.31. The third kappa shape index (κ3) is 4.17. The summed E-state index contributed by atoms with van der Waals surface area (Å²) < 4.78 is 5.67. The SMILES string of the molecule is N#CC1=C(C#N)C(=O)C(Cl)=C(Cl)C1=O.O=c1ccc2c(CBr)c3ccc(O)cc3oc-2c1. The van der Waals surface area contributed by atoms with Crippen LogP contribution < -0.4 is 5.43 Å². The van der Waals surface area contributed by atoms with Crippen LogP contribution in [-0.2, 0) is 14.9 Å². The molecular formula is C22H9BrCl2N2O5. The maximum absolute atomic E-state index is 11.4. The molecular weight excluding hydrogens is 523 g/mol. The minimum atomic E-state index is -0.893. The molecule has 32 heavy (non-hydrogen) atoms. The van der Waals surface area contributed by atoms with Crippen molar-refractivity contribution in [2.75, 3.05) is 0 Å². The molecule has 1 aliphatic heterocycles. The first-order valence-electron chi connectivity index (χ1n) is 8.67. The number of phenolic OH excluding ortho intramolecular Hbond substituents is 1. The van der Waals surface area contributed by atoms with Gasteiger partial charge in [0.1, 0.15) is 50.4 Å². The Hall–Kier alpha value is -3.43. The van der Waals surface area contributed by atoms with Gasteiger partial charge >= 0.3 is 0 Å². The molecule has 2 aliphatic carbocycles. The van der Waals surface area contributed by atoms with E-state index < -0.39 is 32.8 Å². The van der Waals surface area contributed by atoms with E-state index in [1.165, 1.54) is 24.3 Å². The summed E-state index contributed by atoms with van der Waals surface area (Å²) in [6.07, 6.45) is 0. The minimum Gasteiger partial charge on any atom is -0.508 e. The molecule has 0 fully saturated rings. The number of carbonyl (C=O) groups excluding carboxylic acids is 2. The van der Waals surface area contributed by atoms with E-state index in [9.17, 15) is 19.5 Å². The second-order valence-corrected chi connectivity index (χ2v) is 7.63. The average molecular weight is 532 g/mol. The second-order valence-electron chi connectivity index (χ2n) is 6.31. The third-order valence-corrected chi connectivity index (χ3v) is 5.82. The summed E-state index contributed by atoms with van der Waals surface area (Å²) >= 11 is 14.2. The number of ketones is 2. The van der Waals surface area contributed by atoms with Gasteiger partial charge in [0.2, 0.25) is 11.6 Å². The van der Waals surface area contributed by atoms with E-state index in [0.29, 0.717) is 16.7 Å². The molecule has 7 nitrogen and oxygen atoms in total. The van der Waals surface area contributed by atoms with Crippen molar-refractivity contribution in [1.29, 1.82) is 10.5 Å². The lowest BCUT2D eigenvalue weighted by Crippen LogP contribution is -2.18. The molecule has 0 atom stereocenters. The van der Waals surface area contributed by atoms with Crippen LogP contribution in [0.25, 0.3) is 22.3 Å². The number of rotatable bonds is 1. The molecule has 1 N–H and O–H groups in total. The van der Waals surface area contributed by atoms with E-state index in [1.54, 1.807) is 18.2 Å². The molecule has 3 aliphatic rings. The van der Waals surface area contributed by atoms with Gasteiger partial charge in [0, 0.05) is 28.4 Å². The molecule has 4 rings (SSSR count). The van der Waals surface area contributed by atoms with E-state index in [-0.39, 0.29) is 11.2 Å². The molecule has 0 bridgehead atoms. The Bertz CT molecular complexity index is 1430. The zero-order valence-electron chi connectivity index (χ0n) is 15.8. The first kappa shape index (κ1) is 23.2. The van der Waals surface area contributed by atoms with Crippen LogP contribution in [0, 0.1) is 22.7 Å². The number of nitrogens with zero attached hydrogens (tertiary/aromatic N) is 2. The van der Waals surface area contributed by atoms with Gasteiger partial charge in [-0.05, 0) is 29.8 Å². The molecule has 0 amide bonds. The lowest BCUT2D eigenvalue weighted by Gasteiger charge is -2.12. The van der Waals surface area contributed by atoms with E-state index >= 15 is 0 Å². The molecule has 0 saturated heterocycles. The quantitative estimate of drug-likeness (QED) is 0.274. The molecule has 158 valence electrons. The van der Waals surface area contributed by atoms with Crippen molar-refractivity contribution in [2.24, 2.45) is 0 Å². The average Bonchev–Trinajstić information content (AvgIpc) is 2.78. The summed E-state index contributed by atoms with van der Waals surface area (Å²) in [5.74, 6) is -1.11. The van der Waals surface area contributed by atoms with Crippen molar-refractivity contribution in [1.82, 2.24) is 0 Å². The van der Waals surface area contributed by atoms with Crippen LogP contribution in [0.5, 0.6) is 5.75 Å². The Morgan fingerprint density at radius 3 is 2.06 bits per heavy atom. The molecule has 0 radical (unpaired) electrons. The molecule has 0 aromatic heterocycles. The molecule has 0 saturated carbocycles. The number of allylic oxidation sites excluding steroid dienone is 4. The van der Waals surface area contributed by atoms with Gasteiger partial charge in [-0.15, -0.1) is 0 Å². The van der Waals surface area contributed by atoms with Gasteiger partial charge in [0.05, 0.1) is 0 Å². The number of alkyl halides is 1. The normalized spacial score (nSPS) is 13.7. The summed E-state index contributed by atoms with van der Waals surface area (Å²) in [4.78, 5) is 33.8. The molecule has 10 heteroatoms. The topological polar surface area (TPSA) is 132 Å². The van der Waals surface area contributed by atoms with E-state index in [0.717, 1.165) is 16.5 Å². The van der Waals surface area contributed by atoms with Crippen LogP contribution in [0.2, 0.25) is 0 Å². The monoisotopic (exact) mass is 530 g/mol. The van der Waals surface area contributed by atoms with Crippen molar-refractivity contribution in [3.63, 3.8) is 0 Å². The van der Waals surface area contributed by atoms with Gasteiger partial charge in [-0.3, -0.25) is 14.4 Å². The number of hydrogen-bond donors (Lipinski definition) is 1. The highest BCUT2D eigenvalue weighted by molar-refractivity contribution is 9.08. The number of nitriles is 2. The zero-order chi connectivity index (χ0) is 23.6. The Labute approximate surface area is 198 Å². The van der Waals surface area contributed by atoms with Crippen molar-refractivity contribution in [3.8, 4) is 29.2 Å². The molecule has 1 aromatic carbocycles. The number of halogens is 3. The smallest absolute Gasteiger partial charge is 0.218 e. The van der Waals surface area contributed by atoms with Crippen molar-refractivity contribution < 1.29 is 19.1 Å². The molecule has 0 unspecified atom stereocenters. The number of carbonyl (C=O) groups is 2. The zero-order valence-corrected chi connectivity index (χ0v) is 18.9. The Kier molecular flexibility index (Phi) is 6.81. The van der Waals surface area contributed by atoms with Crippen LogP contribution >= 0.6 is 39.1 Å². The molecule has 0 spiro atoms. The van der Waals surface area contributed by atoms with Gasteiger partial charge in [0.15, 0.2) is 5.43 Å². The predicted molar refractivity (Wildman–Crippen MR) is 120 cm³/mol. The van der Waals surface area contributed by atoms with E-state index in [2.05, 4.69) is 15.9 Å². The number of hydrogen-bond acceptors (Lipinski definition) is 7. The number of Topliss-reactive ketones (excluding diaryl/α,β-unsaturated/α-hetero) is 2. The number of fused-ring (bicyclic) bond motifs is 2. The highest BCUT2D eigenvalue weighted by Crippen LogP contribution is 2.35. The predicted octanol–water partition coefficient (Wildman–Crippen LogP) is 4.67. The molecule has 1 heterocycles. The van der Waals surface area contributed by atoms with Gasteiger partial charge in [-0.1, -0.05) is 39.1 Å². The minimum absolute atomic E-state index is 0.0914. The van der Waals surface area contributed by atoms with Crippen molar-refractivity contribution in [3.05, 3.63) is 73.4 Å². The lowest BCUT2D eigenvalue weighted by atomic mass is 9.96. The van der Waals surface area contributed by atoms with Gasteiger partial charge in [-0.25, -0.2) is 0 Å². The van der Waals surface area contributed by atoms with Crippen LogP contribution in [0.1, 0.15) is 5.56 Å². The number of phenols is 1. The summed E-state index contributed by atoms with van der Waals surface area (Å²) in [7, 11) is 0. The van der Waals surface area contributed by atoms with E-state index in [4.69, 9.17) is 38.1 Å². The van der Waals surface area contributed by atoms with Gasteiger partial charge in [-0.2, -0.15) is 10.5 Å². The summed E-state index contributed by atoms with van der Waals surface area (Å²) in [6.45, 7) is 0. The first-order chi connectivity index (χ1) is 15.2. The summed E-state index contributed by atoms with van der Waals surface area (Å²) in [5, 5.41) is 27.1. The maximum atomic E-state index is 11.4. The fraction of sp³-hybridized carbons (Fsp3) is 0.0455. The maximum Gasteiger partial charge on any atom is 0.218 e. The van der Waals surface area contributed by atoms with Crippen LogP contribution in [0.15, 0.2) is 66.8 Å². The first-order valence-corrected chi connectivity index (χ1v) is 10.5. The largest absolute Gasteiger partial charge is 0.508 e. The van der Waals surface area contributed by atoms with E-state index in [1.807, 2.05) is 6.07 Å².